The zero-order valence-corrected chi connectivity index (χ0v) is 21.7. The number of nitrogens with zero attached hydrogens (tertiary/aromatic N) is 4. The number of methoxy groups -OCH3 is 2. The Morgan fingerprint density at radius 3 is 2.66 bits per heavy atom. The van der Waals surface area contributed by atoms with E-state index in [1.54, 1.807) is 12.4 Å². The molecule has 0 bridgehead atoms. The first-order valence-corrected chi connectivity index (χ1v) is 12.5. The van der Waals surface area contributed by atoms with Gasteiger partial charge in [-0.3, -0.25) is 19.5 Å². The van der Waals surface area contributed by atoms with Crippen LogP contribution in [0.3, 0.4) is 0 Å². The summed E-state index contributed by atoms with van der Waals surface area (Å²) in [6, 6.07) is 9.90. The number of likely N-dealkylation sites (tertiary alicyclic amines) is 1. The summed E-state index contributed by atoms with van der Waals surface area (Å²) in [6.45, 7) is 4.16. The molecule has 5 rings (SSSR count). The molecule has 0 aliphatic carbocycles. The molecule has 0 unspecified atom stereocenters. The molecule has 1 saturated heterocycles. The van der Waals surface area contributed by atoms with E-state index in [0.29, 0.717) is 40.9 Å². The van der Waals surface area contributed by atoms with Crippen molar-refractivity contribution in [3.8, 4) is 17.3 Å². The molecule has 0 atom stereocenters. The Balaban J connectivity index is 1.41. The SMILES string of the molecule is COC(=O)CN1CCC(c2ccc(Nc3nc(-c4cncc(OC)n4)cc4cc[nH]c(=O)c34)cc2C)CC1. The van der Waals surface area contributed by atoms with Gasteiger partial charge in [-0.15, -0.1) is 0 Å². The van der Waals surface area contributed by atoms with Gasteiger partial charge in [0.25, 0.3) is 5.56 Å². The molecule has 0 amide bonds. The average molecular weight is 515 g/mol. The topological polar surface area (TPSA) is 122 Å². The molecule has 0 saturated carbocycles. The molecule has 1 aliphatic rings. The lowest BCUT2D eigenvalue weighted by Gasteiger charge is -2.32. The van der Waals surface area contributed by atoms with Crippen molar-refractivity contribution in [3.05, 3.63) is 70.4 Å². The Morgan fingerprint density at radius 2 is 1.92 bits per heavy atom. The lowest BCUT2D eigenvalue weighted by Crippen LogP contribution is -2.37. The number of piperidine rings is 1. The molecule has 1 fully saturated rings. The van der Waals surface area contributed by atoms with Crippen molar-refractivity contribution < 1.29 is 14.3 Å². The van der Waals surface area contributed by atoms with Crippen LogP contribution >= 0.6 is 0 Å². The van der Waals surface area contributed by atoms with Crippen LogP contribution in [0.2, 0.25) is 0 Å². The van der Waals surface area contributed by atoms with Crippen molar-refractivity contribution >= 4 is 28.2 Å². The molecule has 0 spiro atoms. The number of carbonyl (C=O) groups excluding carboxylic acids is 1. The summed E-state index contributed by atoms with van der Waals surface area (Å²) in [7, 11) is 2.96. The van der Waals surface area contributed by atoms with Gasteiger partial charge in [0.2, 0.25) is 5.88 Å². The number of ether oxygens (including phenoxy) is 2. The average Bonchev–Trinajstić information content (AvgIpc) is 2.93. The summed E-state index contributed by atoms with van der Waals surface area (Å²) >= 11 is 0. The number of anilines is 2. The fraction of sp³-hybridized carbons (Fsp3) is 0.321. The molecule has 3 aromatic heterocycles. The van der Waals surface area contributed by atoms with E-state index < -0.39 is 0 Å². The lowest BCUT2D eigenvalue weighted by molar-refractivity contribution is -0.142. The molecule has 0 radical (unpaired) electrons. The minimum Gasteiger partial charge on any atom is -0.480 e. The first-order chi connectivity index (χ1) is 18.4. The quantitative estimate of drug-likeness (QED) is 0.355. The van der Waals surface area contributed by atoms with Crippen LogP contribution in [-0.4, -0.2) is 64.7 Å². The first-order valence-electron chi connectivity index (χ1n) is 12.5. The van der Waals surface area contributed by atoms with Crippen LogP contribution in [0.1, 0.15) is 29.9 Å². The van der Waals surface area contributed by atoms with Crippen LogP contribution in [0, 0.1) is 6.92 Å². The van der Waals surface area contributed by atoms with Gasteiger partial charge < -0.3 is 19.8 Å². The highest BCUT2D eigenvalue weighted by molar-refractivity contribution is 5.94. The van der Waals surface area contributed by atoms with Crippen LogP contribution in [0.15, 0.2) is 53.7 Å². The van der Waals surface area contributed by atoms with Gasteiger partial charge in [0.1, 0.15) is 11.5 Å². The predicted molar refractivity (Wildman–Crippen MR) is 145 cm³/mol. The number of hydrogen-bond donors (Lipinski definition) is 2. The Bertz CT molecular complexity index is 1530. The second-order valence-corrected chi connectivity index (χ2v) is 9.40. The van der Waals surface area contributed by atoms with Gasteiger partial charge >= 0.3 is 5.97 Å². The third-order valence-electron chi connectivity index (χ3n) is 6.98. The van der Waals surface area contributed by atoms with Crippen molar-refractivity contribution in [2.75, 3.05) is 39.2 Å². The van der Waals surface area contributed by atoms with Crippen LogP contribution < -0.4 is 15.6 Å². The zero-order chi connectivity index (χ0) is 26.6. The summed E-state index contributed by atoms with van der Waals surface area (Å²) in [6.07, 6.45) is 6.72. The number of hydrogen-bond acceptors (Lipinski definition) is 9. The number of fused-ring (bicyclic) bond motifs is 1. The van der Waals surface area contributed by atoms with Gasteiger partial charge in [0.15, 0.2) is 0 Å². The van der Waals surface area contributed by atoms with Crippen LogP contribution in [-0.2, 0) is 9.53 Å². The number of esters is 1. The van der Waals surface area contributed by atoms with E-state index in [0.717, 1.165) is 42.6 Å². The maximum atomic E-state index is 12.8. The first kappa shape index (κ1) is 25.3. The number of aromatic amines is 1. The van der Waals surface area contributed by atoms with E-state index >= 15 is 0 Å². The Hall–Kier alpha value is -4.31. The number of nitrogens with one attached hydrogen (secondary N) is 2. The molecule has 10 nitrogen and oxygen atoms in total. The molecule has 4 heterocycles. The molecule has 2 N–H and O–H groups in total. The minimum atomic E-state index is -0.229. The Morgan fingerprint density at radius 1 is 1.11 bits per heavy atom. The van der Waals surface area contributed by atoms with Crippen molar-refractivity contribution in [1.29, 1.82) is 0 Å². The van der Waals surface area contributed by atoms with Crippen LogP contribution in [0.4, 0.5) is 11.5 Å². The summed E-state index contributed by atoms with van der Waals surface area (Å²) in [4.78, 5) is 42.6. The van der Waals surface area contributed by atoms with Crippen molar-refractivity contribution in [2.24, 2.45) is 0 Å². The Kier molecular flexibility index (Phi) is 7.32. The van der Waals surface area contributed by atoms with E-state index in [1.807, 2.05) is 18.2 Å². The highest BCUT2D eigenvalue weighted by Crippen LogP contribution is 2.33. The fourth-order valence-corrected chi connectivity index (χ4v) is 5.00. The monoisotopic (exact) mass is 514 g/mol. The second kappa shape index (κ2) is 11.0. The van der Waals surface area contributed by atoms with Gasteiger partial charge in [-0.05, 0) is 79.6 Å². The standard InChI is InChI=1S/C28H30N6O4/c1-17-12-20(4-5-21(17)18-7-10-34(11-8-18)16-25(35)38-3)31-27-26-19(6-9-30-28(26)36)13-22(33-27)23-14-29-15-24(32-23)37-2/h4-6,9,12-15,18H,7-8,10-11,16H2,1-3H3,(H,30,36)(H,31,33). The molecule has 1 aliphatic heterocycles. The lowest BCUT2D eigenvalue weighted by atomic mass is 9.86. The summed E-state index contributed by atoms with van der Waals surface area (Å²) < 4.78 is 10.0. The van der Waals surface area contributed by atoms with Gasteiger partial charge in [0, 0.05) is 11.9 Å². The van der Waals surface area contributed by atoms with Gasteiger partial charge in [-0.25, -0.2) is 9.97 Å². The number of aromatic nitrogens is 4. The molecule has 4 aromatic rings. The third-order valence-corrected chi connectivity index (χ3v) is 6.98. The van der Waals surface area contributed by atoms with E-state index in [9.17, 15) is 9.59 Å². The number of rotatable bonds is 7. The maximum absolute atomic E-state index is 12.8. The zero-order valence-electron chi connectivity index (χ0n) is 21.7. The largest absolute Gasteiger partial charge is 0.480 e. The van der Waals surface area contributed by atoms with Crippen LogP contribution in [0.25, 0.3) is 22.2 Å². The second-order valence-electron chi connectivity index (χ2n) is 9.40. The van der Waals surface area contributed by atoms with Gasteiger partial charge in [0.05, 0.1) is 44.2 Å². The number of benzene rings is 1. The summed E-state index contributed by atoms with van der Waals surface area (Å²) in [5.74, 6) is 1.05. The van der Waals surface area contributed by atoms with Gasteiger partial charge in [-0.2, -0.15) is 0 Å². The number of aryl methyl sites for hydroxylation is 1. The van der Waals surface area contributed by atoms with E-state index in [-0.39, 0.29) is 11.5 Å². The molecule has 1 aromatic carbocycles. The van der Waals surface area contributed by atoms with Crippen molar-refractivity contribution in [1.82, 2.24) is 24.8 Å². The molecular weight excluding hydrogens is 484 g/mol. The van der Waals surface area contributed by atoms with Crippen molar-refractivity contribution in [3.63, 3.8) is 0 Å². The smallest absolute Gasteiger partial charge is 0.319 e. The highest BCUT2D eigenvalue weighted by atomic mass is 16.5. The van der Waals surface area contributed by atoms with Gasteiger partial charge in [-0.1, -0.05) is 6.07 Å². The predicted octanol–water partition coefficient (Wildman–Crippen LogP) is 3.79. The molecule has 38 heavy (non-hydrogen) atoms. The Labute approximate surface area is 220 Å². The number of pyridine rings is 2. The molecule has 10 heteroatoms. The molecular formula is C28H30N6O4. The molecule has 196 valence electrons. The van der Waals surface area contributed by atoms with E-state index in [1.165, 1.54) is 26.0 Å². The fourth-order valence-electron chi connectivity index (χ4n) is 5.00. The normalized spacial score (nSPS) is 14.4. The highest BCUT2D eigenvalue weighted by Gasteiger charge is 2.23. The number of H-pyrrole nitrogens is 1. The maximum Gasteiger partial charge on any atom is 0.319 e. The van der Waals surface area contributed by atoms with Crippen molar-refractivity contribution in [2.45, 2.75) is 25.7 Å². The summed E-state index contributed by atoms with van der Waals surface area (Å²) in [5.41, 5.74) is 4.18. The van der Waals surface area contributed by atoms with E-state index in [2.05, 4.69) is 44.2 Å². The minimum absolute atomic E-state index is 0.197. The summed E-state index contributed by atoms with van der Waals surface area (Å²) in [5, 5.41) is 4.56. The van der Waals surface area contributed by atoms with E-state index in [4.69, 9.17) is 14.5 Å². The van der Waals surface area contributed by atoms with Crippen LogP contribution in [0.5, 0.6) is 5.88 Å². The third kappa shape index (κ3) is 5.35. The number of carbonyl (C=O) groups is 1.